The third-order valence-electron chi connectivity index (χ3n) is 2.38. The fourth-order valence-corrected chi connectivity index (χ4v) is 4.09. The van der Waals surface area contributed by atoms with Crippen LogP contribution in [0.5, 0.6) is 0 Å². The zero-order valence-corrected chi connectivity index (χ0v) is 10.2. The van der Waals surface area contributed by atoms with Crippen LogP contribution in [0.15, 0.2) is 10.3 Å². The Morgan fingerprint density at radius 1 is 1.50 bits per heavy atom. The smallest absolute Gasteiger partial charge is 0.185 e. The fourth-order valence-electron chi connectivity index (χ4n) is 1.74. The second kappa shape index (κ2) is 3.71. The molecule has 0 unspecified atom stereocenters. The van der Waals surface area contributed by atoms with Crippen LogP contribution in [0.25, 0.3) is 6.08 Å². The molecule has 0 aromatic carbocycles. The minimum absolute atomic E-state index is 0.0415. The topological polar surface area (TPSA) is 74.3 Å². The van der Waals surface area contributed by atoms with Crippen molar-refractivity contribution in [2.75, 3.05) is 6.26 Å². The Balaban J connectivity index is 2.75. The second-order valence-electron chi connectivity index (χ2n) is 3.61. The van der Waals surface area contributed by atoms with E-state index in [0.717, 1.165) is 24.0 Å². The zero-order chi connectivity index (χ0) is 11.9. The van der Waals surface area contributed by atoms with E-state index in [1.54, 1.807) is 6.08 Å². The van der Waals surface area contributed by atoms with E-state index in [9.17, 15) is 18.3 Å². The molecule has 6 heteroatoms. The Hall–Kier alpha value is -1.14. The lowest BCUT2D eigenvalue weighted by atomic mass is 10.00. The van der Waals surface area contributed by atoms with Crippen LogP contribution in [0.1, 0.15) is 27.2 Å². The number of rotatable bonds is 2. The maximum Gasteiger partial charge on any atom is 0.185 e. The molecule has 16 heavy (non-hydrogen) atoms. The SMILES string of the molecule is CS(=O)(=O)c1sc(C(=O)[O-])c2c1C=CCC2. The molecule has 0 amide bonds. The number of allylic oxidation sites excluding steroid dienone is 1. The molecule has 1 heterocycles. The van der Waals surface area contributed by atoms with Gasteiger partial charge in [0.25, 0.3) is 0 Å². The maximum atomic E-state index is 11.5. The summed E-state index contributed by atoms with van der Waals surface area (Å²) in [6.07, 6.45) is 5.90. The van der Waals surface area contributed by atoms with Crippen LogP contribution in [0.2, 0.25) is 0 Å². The summed E-state index contributed by atoms with van der Waals surface area (Å²) in [4.78, 5) is 10.9. The molecule has 0 saturated heterocycles. The molecule has 4 nitrogen and oxygen atoms in total. The van der Waals surface area contributed by atoms with Crippen molar-refractivity contribution in [2.24, 2.45) is 0 Å². The molecule has 1 aliphatic rings. The molecular weight excluding hydrogens is 248 g/mol. The lowest BCUT2D eigenvalue weighted by molar-refractivity contribution is -0.254. The number of hydrogen-bond acceptors (Lipinski definition) is 5. The van der Waals surface area contributed by atoms with E-state index in [0.29, 0.717) is 17.5 Å². The van der Waals surface area contributed by atoms with Crippen molar-refractivity contribution in [1.82, 2.24) is 0 Å². The number of carboxylic acid groups (broad SMARTS) is 1. The van der Waals surface area contributed by atoms with E-state index in [1.807, 2.05) is 6.08 Å². The third-order valence-corrected chi connectivity index (χ3v) is 5.46. The van der Waals surface area contributed by atoms with Gasteiger partial charge in [-0.05, 0) is 18.4 Å². The molecule has 0 fully saturated rings. The molecule has 0 radical (unpaired) electrons. The Labute approximate surface area is 97.1 Å². The number of hydrogen-bond donors (Lipinski definition) is 0. The van der Waals surface area contributed by atoms with Gasteiger partial charge in [-0.25, -0.2) is 8.42 Å². The standard InChI is InChI=1S/C10H10O4S2/c1-16(13,14)10-7-5-3-2-4-6(7)8(15-10)9(11)12/h3,5H,2,4H2,1H3,(H,11,12)/p-1. The predicted octanol–water partition coefficient (Wildman–Crippen LogP) is 0.475. The number of thiophene rings is 1. The van der Waals surface area contributed by atoms with E-state index >= 15 is 0 Å². The van der Waals surface area contributed by atoms with Crippen molar-refractivity contribution < 1.29 is 18.3 Å². The number of aromatic carboxylic acids is 1. The van der Waals surface area contributed by atoms with Gasteiger partial charge >= 0.3 is 0 Å². The Morgan fingerprint density at radius 2 is 2.19 bits per heavy atom. The molecule has 0 aliphatic heterocycles. The van der Waals surface area contributed by atoms with Crippen LogP contribution >= 0.6 is 11.3 Å². The molecule has 2 rings (SSSR count). The Morgan fingerprint density at radius 3 is 2.75 bits per heavy atom. The molecule has 0 spiro atoms. The van der Waals surface area contributed by atoms with Crippen molar-refractivity contribution >= 4 is 33.2 Å². The van der Waals surface area contributed by atoms with Crippen LogP contribution < -0.4 is 5.11 Å². The van der Waals surface area contributed by atoms with Crippen LogP contribution in [0, 0.1) is 0 Å². The maximum absolute atomic E-state index is 11.5. The van der Waals surface area contributed by atoms with E-state index < -0.39 is 15.8 Å². The van der Waals surface area contributed by atoms with Crippen molar-refractivity contribution in [1.29, 1.82) is 0 Å². The van der Waals surface area contributed by atoms with E-state index in [1.165, 1.54) is 0 Å². The highest BCUT2D eigenvalue weighted by atomic mass is 32.2. The van der Waals surface area contributed by atoms with Crippen LogP contribution in [0.3, 0.4) is 0 Å². The Kier molecular flexibility index (Phi) is 2.63. The van der Waals surface area contributed by atoms with Gasteiger partial charge in [-0.2, -0.15) is 0 Å². The van der Waals surface area contributed by atoms with E-state index in [-0.39, 0.29) is 9.09 Å². The quantitative estimate of drug-likeness (QED) is 0.772. The number of carbonyl (C=O) groups excluding carboxylic acids is 1. The largest absolute Gasteiger partial charge is 0.544 e. The summed E-state index contributed by atoms with van der Waals surface area (Å²) < 4.78 is 23.1. The van der Waals surface area contributed by atoms with E-state index in [4.69, 9.17) is 0 Å². The number of sulfone groups is 1. The summed E-state index contributed by atoms with van der Waals surface area (Å²) in [6, 6.07) is 0. The number of carbonyl (C=O) groups is 1. The Bertz CT molecular complexity index is 578. The molecule has 0 N–H and O–H groups in total. The average Bonchev–Trinajstić information content (AvgIpc) is 2.56. The van der Waals surface area contributed by atoms with Crippen molar-refractivity contribution in [3.8, 4) is 0 Å². The highest BCUT2D eigenvalue weighted by Gasteiger charge is 2.24. The minimum atomic E-state index is -3.38. The van der Waals surface area contributed by atoms with Crippen molar-refractivity contribution in [3.63, 3.8) is 0 Å². The molecule has 0 saturated carbocycles. The average molecular weight is 257 g/mol. The van der Waals surface area contributed by atoms with Crippen molar-refractivity contribution in [3.05, 3.63) is 22.1 Å². The van der Waals surface area contributed by atoms with Crippen LogP contribution in [-0.2, 0) is 16.3 Å². The van der Waals surface area contributed by atoms with Gasteiger partial charge in [0.1, 0.15) is 4.21 Å². The van der Waals surface area contributed by atoms with Gasteiger partial charge in [-0.3, -0.25) is 0 Å². The normalized spacial score (nSPS) is 14.8. The molecular formula is C10H9O4S2-. The van der Waals surface area contributed by atoms with Gasteiger partial charge in [0.15, 0.2) is 9.84 Å². The molecule has 86 valence electrons. The predicted molar refractivity (Wildman–Crippen MR) is 59.1 cm³/mol. The summed E-state index contributed by atoms with van der Waals surface area (Å²) in [5.74, 6) is -1.30. The third kappa shape index (κ3) is 1.78. The minimum Gasteiger partial charge on any atom is -0.544 e. The van der Waals surface area contributed by atoms with Gasteiger partial charge in [0.05, 0.1) is 10.8 Å². The van der Waals surface area contributed by atoms with Crippen molar-refractivity contribution in [2.45, 2.75) is 17.1 Å². The van der Waals surface area contributed by atoms with Gasteiger partial charge in [-0.15, -0.1) is 11.3 Å². The highest BCUT2D eigenvalue weighted by molar-refractivity contribution is 7.92. The van der Waals surface area contributed by atoms with E-state index in [2.05, 4.69) is 0 Å². The van der Waals surface area contributed by atoms with Gasteiger partial charge in [-0.1, -0.05) is 12.2 Å². The second-order valence-corrected chi connectivity index (χ2v) is 6.84. The lowest BCUT2D eigenvalue weighted by Crippen LogP contribution is -2.22. The van der Waals surface area contributed by atoms with Gasteiger partial charge < -0.3 is 9.90 Å². The summed E-state index contributed by atoms with van der Waals surface area (Å²) >= 11 is 0.789. The molecule has 0 bridgehead atoms. The van der Waals surface area contributed by atoms with Crippen LogP contribution in [0.4, 0.5) is 0 Å². The monoisotopic (exact) mass is 257 g/mol. The van der Waals surface area contributed by atoms with Gasteiger partial charge in [0, 0.05) is 11.8 Å². The summed E-state index contributed by atoms with van der Waals surface area (Å²) in [6.45, 7) is 0. The first kappa shape index (κ1) is 11.3. The summed E-state index contributed by atoms with van der Waals surface area (Å²) in [5, 5.41) is 10.9. The first-order chi connectivity index (χ1) is 7.41. The zero-order valence-electron chi connectivity index (χ0n) is 8.52. The van der Waals surface area contributed by atoms with Crippen LogP contribution in [-0.4, -0.2) is 20.6 Å². The highest BCUT2D eigenvalue weighted by Crippen LogP contribution is 2.36. The lowest BCUT2D eigenvalue weighted by Gasteiger charge is -2.08. The first-order valence-electron chi connectivity index (χ1n) is 4.65. The molecule has 1 aliphatic carbocycles. The summed E-state index contributed by atoms with van der Waals surface area (Å²) in [7, 11) is -3.38. The number of fused-ring (bicyclic) bond motifs is 1. The number of carboxylic acids is 1. The summed E-state index contributed by atoms with van der Waals surface area (Å²) in [5.41, 5.74) is 1.12. The van der Waals surface area contributed by atoms with Gasteiger partial charge in [0.2, 0.25) is 0 Å². The first-order valence-corrected chi connectivity index (χ1v) is 7.35. The fraction of sp³-hybridized carbons (Fsp3) is 0.300. The molecule has 0 atom stereocenters. The molecule has 1 aromatic rings. The molecule has 1 aromatic heterocycles.